The van der Waals surface area contributed by atoms with Crippen molar-refractivity contribution in [2.24, 2.45) is 0 Å². The highest BCUT2D eigenvalue weighted by Crippen LogP contribution is 2.46. The second kappa shape index (κ2) is 12.6. The molecule has 0 radical (unpaired) electrons. The highest BCUT2D eigenvalue weighted by molar-refractivity contribution is 6.19. The quantitative estimate of drug-likeness (QED) is 0.232. The third-order valence-electron chi connectivity index (χ3n) is 8.31. The standard InChI is InChI=1S/C34H38N2O8/c1-5-35(6-2)25-14-10-23(11-15-25)20-27-29(37)41-33(42-30(27)38)18-9-19-34(22-33)43-31(39)28(32(40)44-34)21-24-12-16-26(17-13-24)36(7-3)8-4/h10-17,20-21H,5-9,18-19,22H2,1-4H3. The lowest BCUT2D eigenvalue weighted by molar-refractivity contribution is -0.306. The Morgan fingerprint density at radius 1 is 0.568 bits per heavy atom. The fourth-order valence-electron chi connectivity index (χ4n) is 5.98. The van der Waals surface area contributed by atoms with Crippen LogP contribution in [-0.2, 0) is 38.1 Å². The molecule has 2 aromatic rings. The van der Waals surface area contributed by atoms with Crippen LogP contribution in [0.4, 0.5) is 11.4 Å². The van der Waals surface area contributed by atoms with E-state index in [1.165, 1.54) is 12.2 Å². The molecule has 2 heterocycles. The van der Waals surface area contributed by atoms with Gasteiger partial charge in [-0.1, -0.05) is 24.3 Å². The SMILES string of the molecule is CCN(CC)c1ccc(C=C2C(=O)OC3(CCCC4(C3)OC(=O)C(=Cc3ccc(N(CC)CC)cc3)C(=O)O4)OC2=O)cc1. The average molecular weight is 603 g/mol. The molecular formula is C34H38N2O8. The monoisotopic (exact) mass is 602 g/mol. The van der Waals surface area contributed by atoms with Crippen molar-refractivity contribution in [2.45, 2.75) is 65.0 Å². The van der Waals surface area contributed by atoms with E-state index in [4.69, 9.17) is 18.9 Å². The Labute approximate surface area is 257 Å². The largest absolute Gasteiger partial charge is 0.418 e. The molecule has 0 atom stereocenters. The molecule has 2 saturated heterocycles. The number of hydrogen-bond donors (Lipinski definition) is 0. The van der Waals surface area contributed by atoms with Gasteiger partial charge in [0.05, 0.1) is 0 Å². The Bertz CT molecular complexity index is 1330. The van der Waals surface area contributed by atoms with Crippen molar-refractivity contribution in [2.75, 3.05) is 36.0 Å². The minimum absolute atomic E-state index is 0.175. The summed E-state index contributed by atoms with van der Waals surface area (Å²) in [6.07, 6.45) is 3.21. The number of carbonyl (C=O) groups excluding carboxylic acids is 4. The molecular weight excluding hydrogens is 564 g/mol. The number of nitrogens with zero attached hydrogens (tertiary/aromatic N) is 2. The molecule has 3 fully saturated rings. The van der Waals surface area contributed by atoms with Gasteiger partial charge in [-0.2, -0.15) is 0 Å². The molecule has 10 heteroatoms. The molecule has 2 aliphatic heterocycles. The maximum Gasteiger partial charge on any atom is 0.348 e. The van der Waals surface area contributed by atoms with Gasteiger partial charge in [0.25, 0.3) is 11.6 Å². The van der Waals surface area contributed by atoms with E-state index in [0.717, 1.165) is 37.6 Å². The Kier molecular flexibility index (Phi) is 8.80. The molecule has 44 heavy (non-hydrogen) atoms. The first kappa shape index (κ1) is 30.8. The average Bonchev–Trinajstić information content (AvgIpc) is 2.99. The first-order valence-corrected chi connectivity index (χ1v) is 15.2. The number of esters is 4. The minimum atomic E-state index is -1.72. The first-order chi connectivity index (χ1) is 21.1. The van der Waals surface area contributed by atoms with Gasteiger partial charge in [0.15, 0.2) is 0 Å². The van der Waals surface area contributed by atoms with E-state index in [1.54, 1.807) is 0 Å². The zero-order valence-electron chi connectivity index (χ0n) is 25.6. The number of carbonyl (C=O) groups is 4. The highest BCUT2D eigenvalue weighted by Gasteiger charge is 2.59. The number of ether oxygens (including phenoxy) is 4. The van der Waals surface area contributed by atoms with Crippen molar-refractivity contribution in [3.63, 3.8) is 0 Å². The van der Waals surface area contributed by atoms with Crippen LogP contribution in [0.2, 0.25) is 0 Å². The van der Waals surface area contributed by atoms with E-state index in [-0.39, 0.29) is 30.4 Å². The fourth-order valence-corrected chi connectivity index (χ4v) is 5.98. The van der Waals surface area contributed by atoms with Crippen LogP contribution in [0.1, 0.15) is 64.5 Å². The molecule has 232 valence electrons. The van der Waals surface area contributed by atoms with Gasteiger partial charge in [0.2, 0.25) is 0 Å². The van der Waals surface area contributed by atoms with Gasteiger partial charge in [-0.15, -0.1) is 0 Å². The molecule has 1 aliphatic carbocycles. The molecule has 3 aliphatic rings. The molecule has 0 unspecified atom stereocenters. The van der Waals surface area contributed by atoms with Crippen molar-refractivity contribution in [1.82, 2.24) is 0 Å². The van der Waals surface area contributed by atoms with Crippen LogP contribution in [0.15, 0.2) is 59.7 Å². The number of benzene rings is 2. The van der Waals surface area contributed by atoms with Crippen molar-refractivity contribution in [3.8, 4) is 0 Å². The predicted octanol–water partition coefficient (Wildman–Crippen LogP) is 5.01. The van der Waals surface area contributed by atoms with E-state index >= 15 is 0 Å². The fraction of sp³-hybridized carbons (Fsp3) is 0.412. The van der Waals surface area contributed by atoms with Gasteiger partial charge < -0.3 is 28.7 Å². The van der Waals surface area contributed by atoms with Crippen LogP contribution in [0, 0.1) is 0 Å². The third kappa shape index (κ3) is 6.20. The lowest BCUT2D eigenvalue weighted by atomic mass is 9.86. The van der Waals surface area contributed by atoms with Gasteiger partial charge >= 0.3 is 23.9 Å². The zero-order valence-corrected chi connectivity index (χ0v) is 25.6. The Morgan fingerprint density at radius 2 is 0.886 bits per heavy atom. The summed E-state index contributed by atoms with van der Waals surface area (Å²) < 4.78 is 22.7. The smallest absolute Gasteiger partial charge is 0.348 e. The summed E-state index contributed by atoms with van der Waals surface area (Å²) in [5.41, 5.74) is 2.83. The summed E-state index contributed by atoms with van der Waals surface area (Å²) in [7, 11) is 0. The van der Waals surface area contributed by atoms with Crippen LogP contribution in [0.25, 0.3) is 12.2 Å². The summed E-state index contributed by atoms with van der Waals surface area (Å²) in [4.78, 5) is 56.7. The van der Waals surface area contributed by atoms with Gasteiger partial charge in [0, 0.05) is 50.4 Å². The minimum Gasteiger partial charge on any atom is -0.418 e. The second-order valence-electron chi connectivity index (χ2n) is 11.1. The summed E-state index contributed by atoms with van der Waals surface area (Å²) in [6.45, 7) is 11.7. The molecule has 0 N–H and O–H groups in total. The van der Waals surface area contributed by atoms with Crippen molar-refractivity contribution in [3.05, 3.63) is 70.8 Å². The summed E-state index contributed by atoms with van der Waals surface area (Å²) >= 11 is 0. The van der Waals surface area contributed by atoms with Crippen LogP contribution in [0.5, 0.6) is 0 Å². The van der Waals surface area contributed by atoms with E-state index in [1.807, 2.05) is 48.5 Å². The molecule has 5 rings (SSSR count). The Morgan fingerprint density at radius 3 is 1.18 bits per heavy atom. The summed E-state index contributed by atoms with van der Waals surface area (Å²) in [6, 6.07) is 14.9. The van der Waals surface area contributed by atoms with E-state index in [0.29, 0.717) is 17.5 Å². The van der Waals surface area contributed by atoms with Gasteiger partial charge in [-0.25, -0.2) is 19.2 Å². The lowest BCUT2D eigenvalue weighted by Gasteiger charge is -2.47. The van der Waals surface area contributed by atoms with Crippen molar-refractivity contribution >= 4 is 47.4 Å². The normalized spacial score (nSPS) is 23.1. The topological polar surface area (TPSA) is 112 Å². The molecule has 1 saturated carbocycles. The first-order valence-electron chi connectivity index (χ1n) is 15.2. The number of anilines is 2. The molecule has 0 bridgehead atoms. The zero-order chi connectivity index (χ0) is 31.5. The van der Waals surface area contributed by atoms with Crippen molar-refractivity contribution < 1.29 is 38.1 Å². The summed E-state index contributed by atoms with van der Waals surface area (Å²) in [5, 5.41) is 0. The number of hydrogen-bond acceptors (Lipinski definition) is 10. The van der Waals surface area contributed by atoms with Crippen LogP contribution >= 0.6 is 0 Å². The van der Waals surface area contributed by atoms with Crippen molar-refractivity contribution in [1.29, 1.82) is 0 Å². The Balaban J connectivity index is 1.29. The highest BCUT2D eigenvalue weighted by atomic mass is 16.8. The second-order valence-corrected chi connectivity index (χ2v) is 11.1. The van der Waals surface area contributed by atoms with E-state index in [9.17, 15) is 19.2 Å². The maximum absolute atomic E-state index is 13.1. The van der Waals surface area contributed by atoms with E-state index < -0.39 is 35.5 Å². The van der Waals surface area contributed by atoms with E-state index in [2.05, 4.69) is 37.5 Å². The molecule has 2 spiro atoms. The molecule has 0 amide bonds. The van der Waals surface area contributed by atoms with Crippen LogP contribution < -0.4 is 9.80 Å². The molecule has 0 aromatic heterocycles. The maximum atomic E-state index is 13.1. The summed E-state index contributed by atoms with van der Waals surface area (Å²) in [5.74, 6) is -6.86. The van der Waals surface area contributed by atoms with Crippen LogP contribution in [-0.4, -0.2) is 61.6 Å². The van der Waals surface area contributed by atoms with Gasteiger partial charge in [0.1, 0.15) is 17.6 Å². The van der Waals surface area contributed by atoms with Crippen LogP contribution in [0.3, 0.4) is 0 Å². The Hall–Kier alpha value is -4.60. The third-order valence-corrected chi connectivity index (χ3v) is 8.31. The number of rotatable bonds is 8. The lowest BCUT2D eigenvalue weighted by Crippen LogP contribution is -2.58. The van der Waals surface area contributed by atoms with Gasteiger partial charge in [-0.3, -0.25) is 0 Å². The van der Waals surface area contributed by atoms with Gasteiger partial charge in [-0.05, 0) is 81.7 Å². The predicted molar refractivity (Wildman–Crippen MR) is 164 cm³/mol. The molecule has 10 nitrogen and oxygen atoms in total. The molecule has 2 aromatic carbocycles.